The van der Waals surface area contributed by atoms with Crippen LogP contribution >= 0.6 is 22.6 Å². The fourth-order valence-corrected chi connectivity index (χ4v) is 3.84. The average molecular weight is 402 g/mol. The number of nitrogens with one attached hydrogen (secondary N) is 1. The van der Waals surface area contributed by atoms with Crippen molar-refractivity contribution < 1.29 is 14.4 Å². The van der Waals surface area contributed by atoms with Gasteiger partial charge in [-0.15, -0.1) is 0 Å². The van der Waals surface area contributed by atoms with E-state index in [9.17, 15) is 4.79 Å². The number of carbonyl (C=O) groups is 1. The largest absolute Gasteiger partial charge is 0.453 e. The predicted octanol–water partition coefficient (Wildman–Crippen LogP) is 2.68. The second-order valence-corrected chi connectivity index (χ2v) is 7.37. The Labute approximate surface area is 141 Å². The van der Waals surface area contributed by atoms with E-state index in [0.717, 1.165) is 10.1 Å². The molecule has 1 N–H and O–H groups in total. The number of likely N-dealkylation sites (tertiary alicyclic amines) is 1. The van der Waals surface area contributed by atoms with Gasteiger partial charge in [0.15, 0.2) is 0 Å². The molecule has 1 saturated heterocycles. The van der Waals surface area contributed by atoms with E-state index in [1.165, 1.54) is 19.3 Å². The number of benzene rings is 1. The molecular weight excluding hydrogens is 377 g/mol. The number of rotatable bonds is 4. The Morgan fingerprint density at radius 2 is 1.95 bits per heavy atom. The van der Waals surface area contributed by atoms with E-state index in [-0.39, 0.29) is 12.1 Å². The molecule has 1 aliphatic rings. The van der Waals surface area contributed by atoms with Gasteiger partial charge >= 0.3 is 5.97 Å². The number of hydrogen-bond donors (Lipinski definition) is 1. The van der Waals surface area contributed by atoms with Gasteiger partial charge in [0.25, 0.3) is 0 Å². The number of ether oxygens (including phenoxy) is 1. The molecule has 0 bridgehead atoms. The molecule has 0 aromatic heterocycles. The Bertz CT molecular complexity index is 481. The molecule has 0 saturated carbocycles. The van der Waals surface area contributed by atoms with Crippen molar-refractivity contribution in [2.75, 3.05) is 6.54 Å². The van der Waals surface area contributed by atoms with Gasteiger partial charge < -0.3 is 9.64 Å². The zero-order valence-electron chi connectivity index (χ0n) is 13.1. The summed E-state index contributed by atoms with van der Waals surface area (Å²) in [6.07, 6.45) is 3.82. The van der Waals surface area contributed by atoms with Crippen LogP contribution in [0.4, 0.5) is 0 Å². The van der Waals surface area contributed by atoms with E-state index >= 15 is 0 Å². The van der Waals surface area contributed by atoms with Crippen LogP contribution < -0.4 is 4.90 Å². The molecule has 2 rings (SSSR count). The van der Waals surface area contributed by atoms with Crippen LogP contribution in [0.2, 0.25) is 0 Å². The van der Waals surface area contributed by atoms with Crippen LogP contribution in [-0.4, -0.2) is 30.7 Å². The first-order chi connectivity index (χ1) is 9.99. The van der Waals surface area contributed by atoms with Crippen molar-refractivity contribution in [2.24, 2.45) is 0 Å². The molecule has 3 nitrogen and oxygen atoms in total. The highest BCUT2D eigenvalue weighted by atomic mass is 127. The van der Waals surface area contributed by atoms with E-state index in [2.05, 4.69) is 36.4 Å². The van der Waals surface area contributed by atoms with Gasteiger partial charge in [-0.25, -0.2) is 4.79 Å². The predicted molar refractivity (Wildman–Crippen MR) is 92.6 cm³/mol. The number of carbonyl (C=O) groups excluding carboxylic acids is 1. The van der Waals surface area contributed by atoms with Crippen molar-refractivity contribution in [3.8, 4) is 0 Å². The first-order valence-electron chi connectivity index (χ1n) is 7.80. The van der Waals surface area contributed by atoms with E-state index < -0.39 is 0 Å². The van der Waals surface area contributed by atoms with E-state index in [0.29, 0.717) is 17.6 Å². The zero-order valence-corrected chi connectivity index (χ0v) is 15.2. The Kier molecular flexibility index (Phi) is 6.05. The van der Waals surface area contributed by atoms with Gasteiger partial charge in [0.2, 0.25) is 0 Å². The van der Waals surface area contributed by atoms with Crippen molar-refractivity contribution in [1.82, 2.24) is 0 Å². The number of quaternary nitrogens is 1. The standard InChI is InChI=1S/C17H24INO2/c1-12-7-6-8-13(2)19(12)11-14(3)21-17(20)15-9-4-5-10-16(15)18/h4-5,9-10,12-14H,6-8,11H2,1-3H3/p+1/t12-,13-,14+/m0/s1. The van der Waals surface area contributed by atoms with Gasteiger partial charge in [-0.2, -0.15) is 0 Å². The zero-order chi connectivity index (χ0) is 15.4. The van der Waals surface area contributed by atoms with E-state index in [1.807, 2.05) is 31.2 Å². The number of esters is 1. The smallest absolute Gasteiger partial charge is 0.339 e. The minimum atomic E-state index is -0.204. The van der Waals surface area contributed by atoms with Crippen LogP contribution in [0.5, 0.6) is 0 Å². The minimum Gasteiger partial charge on any atom is -0.453 e. The van der Waals surface area contributed by atoms with Gasteiger partial charge in [-0.05, 0) is 74.8 Å². The fourth-order valence-electron chi connectivity index (χ4n) is 3.24. The maximum absolute atomic E-state index is 12.2. The van der Waals surface area contributed by atoms with Crippen molar-refractivity contribution in [1.29, 1.82) is 0 Å². The molecule has 21 heavy (non-hydrogen) atoms. The Balaban J connectivity index is 1.93. The minimum absolute atomic E-state index is 0.0495. The maximum atomic E-state index is 12.2. The molecular formula is C17H25INO2+. The first-order valence-corrected chi connectivity index (χ1v) is 8.88. The summed E-state index contributed by atoms with van der Waals surface area (Å²) in [5.74, 6) is -0.204. The highest BCUT2D eigenvalue weighted by Crippen LogP contribution is 2.13. The topological polar surface area (TPSA) is 30.7 Å². The molecule has 116 valence electrons. The first kappa shape index (κ1) is 16.7. The third-order valence-electron chi connectivity index (χ3n) is 4.47. The molecule has 1 aliphatic heterocycles. The van der Waals surface area contributed by atoms with Crippen LogP contribution in [0, 0.1) is 3.57 Å². The molecule has 3 atom stereocenters. The molecule has 0 amide bonds. The number of hydrogen-bond acceptors (Lipinski definition) is 2. The molecule has 0 aliphatic carbocycles. The lowest BCUT2D eigenvalue weighted by atomic mass is 9.97. The summed E-state index contributed by atoms with van der Waals surface area (Å²) < 4.78 is 6.60. The van der Waals surface area contributed by atoms with Crippen LogP contribution in [0.15, 0.2) is 24.3 Å². The van der Waals surface area contributed by atoms with Crippen LogP contribution in [0.1, 0.15) is 50.4 Å². The van der Waals surface area contributed by atoms with E-state index in [4.69, 9.17) is 4.74 Å². The van der Waals surface area contributed by atoms with Gasteiger partial charge in [-0.1, -0.05) is 12.1 Å². The highest BCUT2D eigenvalue weighted by molar-refractivity contribution is 14.1. The SMILES string of the molecule is C[C@H](C[NH+]1[C@@H](C)CCC[C@@H]1C)OC(=O)c1ccccc1I. The fraction of sp³-hybridized carbons (Fsp3) is 0.588. The summed E-state index contributed by atoms with van der Waals surface area (Å²) in [5.41, 5.74) is 0.666. The summed E-state index contributed by atoms with van der Waals surface area (Å²) in [5, 5.41) is 0. The Morgan fingerprint density at radius 1 is 1.33 bits per heavy atom. The highest BCUT2D eigenvalue weighted by Gasteiger charge is 2.30. The molecule has 1 heterocycles. The van der Waals surface area contributed by atoms with E-state index in [1.54, 1.807) is 4.90 Å². The van der Waals surface area contributed by atoms with Gasteiger partial charge in [0, 0.05) is 3.57 Å². The molecule has 0 unspecified atom stereocenters. The van der Waals surface area contributed by atoms with Crippen LogP contribution in [-0.2, 0) is 4.74 Å². The second-order valence-electron chi connectivity index (χ2n) is 6.21. The number of halogens is 1. The lowest BCUT2D eigenvalue weighted by Crippen LogP contribution is -3.20. The van der Waals surface area contributed by atoms with Gasteiger partial charge in [0.1, 0.15) is 12.6 Å². The molecule has 1 fully saturated rings. The summed E-state index contributed by atoms with van der Waals surface area (Å²) in [6, 6.07) is 8.89. The monoisotopic (exact) mass is 402 g/mol. The lowest BCUT2D eigenvalue weighted by molar-refractivity contribution is -0.953. The quantitative estimate of drug-likeness (QED) is 0.620. The van der Waals surface area contributed by atoms with Gasteiger partial charge in [-0.3, -0.25) is 0 Å². The summed E-state index contributed by atoms with van der Waals surface area (Å²) in [4.78, 5) is 13.8. The molecule has 1 aromatic rings. The molecule has 1 aromatic carbocycles. The lowest BCUT2D eigenvalue weighted by Gasteiger charge is -2.37. The molecule has 0 spiro atoms. The van der Waals surface area contributed by atoms with Gasteiger partial charge in [0.05, 0.1) is 17.6 Å². The van der Waals surface area contributed by atoms with Crippen molar-refractivity contribution in [2.45, 2.75) is 58.2 Å². The molecule has 0 radical (unpaired) electrons. The average Bonchev–Trinajstić information content (AvgIpc) is 2.43. The normalized spacial score (nSPS) is 24.6. The summed E-state index contributed by atoms with van der Waals surface area (Å²) in [7, 11) is 0. The third kappa shape index (κ3) is 4.42. The molecule has 4 heteroatoms. The third-order valence-corrected chi connectivity index (χ3v) is 5.41. The second kappa shape index (κ2) is 7.58. The number of piperidine rings is 1. The van der Waals surface area contributed by atoms with Crippen LogP contribution in [0.3, 0.4) is 0 Å². The Hall–Kier alpha value is -0.620. The van der Waals surface area contributed by atoms with Crippen LogP contribution in [0.25, 0.3) is 0 Å². The Morgan fingerprint density at radius 3 is 2.57 bits per heavy atom. The van der Waals surface area contributed by atoms with Crippen molar-refractivity contribution >= 4 is 28.6 Å². The van der Waals surface area contributed by atoms with Crippen molar-refractivity contribution in [3.63, 3.8) is 0 Å². The van der Waals surface area contributed by atoms with Crippen molar-refractivity contribution in [3.05, 3.63) is 33.4 Å². The summed E-state index contributed by atoms with van der Waals surface area (Å²) >= 11 is 2.18. The maximum Gasteiger partial charge on any atom is 0.339 e. The summed E-state index contributed by atoms with van der Waals surface area (Å²) in [6.45, 7) is 7.52.